The molecule has 0 fully saturated rings. The number of fused-ring (bicyclic) bond motifs is 3. The van der Waals surface area contributed by atoms with Crippen molar-refractivity contribution in [1.82, 2.24) is 9.55 Å². The largest absolute Gasteiger partial charge is 0.491 e. The highest BCUT2D eigenvalue weighted by Crippen LogP contribution is 2.31. The van der Waals surface area contributed by atoms with Gasteiger partial charge in [0.1, 0.15) is 18.2 Å². The van der Waals surface area contributed by atoms with E-state index in [4.69, 9.17) is 4.74 Å². The van der Waals surface area contributed by atoms with Gasteiger partial charge >= 0.3 is 0 Å². The van der Waals surface area contributed by atoms with E-state index in [0.717, 1.165) is 23.7 Å². The molecule has 0 radical (unpaired) electrons. The smallest absolute Gasteiger partial charge is 0.143 e. The predicted octanol–water partition coefficient (Wildman–Crippen LogP) is 2.25. The molecule has 1 aliphatic rings. The average Bonchev–Trinajstić information content (AvgIpc) is 2.61. The van der Waals surface area contributed by atoms with E-state index >= 15 is 0 Å². The molecule has 0 bridgehead atoms. The zero-order chi connectivity index (χ0) is 10.3. The summed E-state index contributed by atoms with van der Waals surface area (Å²) < 4.78 is 7.84. The van der Waals surface area contributed by atoms with Crippen molar-refractivity contribution < 1.29 is 4.74 Å². The van der Waals surface area contributed by atoms with Crippen LogP contribution in [0, 0.1) is 6.92 Å². The van der Waals surface area contributed by atoms with Gasteiger partial charge in [-0.05, 0) is 24.6 Å². The quantitative estimate of drug-likeness (QED) is 0.652. The molecule has 0 amide bonds. The van der Waals surface area contributed by atoms with E-state index in [1.807, 2.05) is 12.4 Å². The van der Waals surface area contributed by atoms with Crippen molar-refractivity contribution in [2.45, 2.75) is 13.5 Å². The van der Waals surface area contributed by atoms with Crippen LogP contribution in [-0.2, 0) is 6.54 Å². The summed E-state index contributed by atoms with van der Waals surface area (Å²) >= 11 is 0. The summed E-state index contributed by atoms with van der Waals surface area (Å²) in [7, 11) is 0. The normalized spacial score (nSPS) is 13.7. The van der Waals surface area contributed by atoms with Gasteiger partial charge in [0, 0.05) is 12.4 Å². The third kappa shape index (κ3) is 1.31. The molecular weight excluding hydrogens is 188 g/mol. The summed E-state index contributed by atoms with van der Waals surface area (Å²) in [5.74, 6) is 1.95. The standard InChI is InChI=1S/C12H12N2O/c1-9-2-3-10-11(8-9)15-7-6-14-5-4-13-12(10)14/h2-5,8H,6-7H2,1H3. The van der Waals surface area contributed by atoms with E-state index in [0.29, 0.717) is 6.61 Å². The Morgan fingerprint density at radius 2 is 2.33 bits per heavy atom. The number of hydrogen-bond acceptors (Lipinski definition) is 2. The minimum Gasteiger partial charge on any atom is -0.491 e. The molecule has 1 aromatic heterocycles. The fraction of sp³-hybridized carbons (Fsp3) is 0.250. The summed E-state index contributed by atoms with van der Waals surface area (Å²) in [4.78, 5) is 4.37. The Labute approximate surface area is 88.3 Å². The third-order valence-corrected chi connectivity index (χ3v) is 2.68. The van der Waals surface area contributed by atoms with Gasteiger partial charge in [-0.15, -0.1) is 0 Å². The lowest BCUT2D eigenvalue weighted by molar-refractivity contribution is 0.306. The van der Waals surface area contributed by atoms with Gasteiger partial charge in [-0.3, -0.25) is 0 Å². The molecule has 76 valence electrons. The van der Waals surface area contributed by atoms with E-state index in [1.165, 1.54) is 5.56 Å². The van der Waals surface area contributed by atoms with Crippen molar-refractivity contribution in [3.8, 4) is 17.1 Å². The Hall–Kier alpha value is -1.77. The molecule has 15 heavy (non-hydrogen) atoms. The van der Waals surface area contributed by atoms with Crippen molar-refractivity contribution in [3.63, 3.8) is 0 Å². The molecule has 0 aliphatic carbocycles. The monoisotopic (exact) mass is 200 g/mol. The van der Waals surface area contributed by atoms with Gasteiger partial charge in [0.2, 0.25) is 0 Å². The fourth-order valence-electron chi connectivity index (χ4n) is 1.92. The zero-order valence-electron chi connectivity index (χ0n) is 8.60. The second-order valence-electron chi connectivity index (χ2n) is 3.79. The second kappa shape index (κ2) is 3.12. The van der Waals surface area contributed by atoms with Gasteiger partial charge in [0.15, 0.2) is 0 Å². The fourth-order valence-corrected chi connectivity index (χ4v) is 1.92. The molecule has 3 nitrogen and oxygen atoms in total. The van der Waals surface area contributed by atoms with Crippen LogP contribution in [0.25, 0.3) is 11.4 Å². The van der Waals surface area contributed by atoms with E-state index in [9.17, 15) is 0 Å². The lowest BCUT2D eigenvalue weighted by Gasteiger charge is -2.06. The molecule has 0 saturated heterocycles. The van der Waals surface area contributed by atoms with Crippen LogP contribution in [0.15, 0.2) is 30.6 Å². The predicted molar refractivity (Wildman–Crippen MR) is 57.9 cm³/mol. The van der Waals surface area contributed by atoms with E-state index in [1.54, 1.807) is 0 Å². The number of aromatic nitrogens is 2. The van der Waals surface area contributed by atoms with Crippen LogP contribution >= 0.6 is 0 Å². The Balaban J connectivity index is 2.25. The first-order chi connectivity index (χ1) is 7.34. The number of rotatable bonds is 0. The van der Waals surface area contributed by atoms with Crippen molar-refractivity contribution in [2.24, 2.45) is 0 Å². The van der Waals surface area contributed by atoms with Gasteiger partial charge in [-0.1, -0.05) is 6.07 Å². The van der Waals surface area contributed by atoms with Crippen molar-refractivity contribution >= 4 is 0 Å². The van der Waals surface area contributed by atoms with Gasteiger partial charge in [0.25, 0.3) is 0 Å². The van der Waals surface area contributed by atoms with Crippen molar-refractivity contribution in [1.29, 1.82) is 0 Å². The van der Waals surface area contributed by atoms with Gasteiger partial charge < -0.3 is 9.30 Å². The number of nitrogens with zero attached hydrogens (tertiary/aromatic N) is 2. The lowest BCUT2D eigenvalue weighted by Crippen LogP contribution is -2.04. The summed E-state index contributed by atoms with van der Waals surface area (Å²) in [6, 6.07) is 6.24. The Bertz CT molecular complexity index is 502. The number of benzene rings is 1. The van der Waals surface area contributed by atoms with Gasteiger partial charge in [0.05, 0.1) is 12.1 Å². The van der Waals surface area contributed by atoms with Crippen LogP contribution < -0.4 is 4.74 Å². The molecule has 1 aromatic carbocycles. The highest BCUT2D eigenvalue weighted by atomic mass is 16.5. The summed E-state index contributed by atoms with van der Waals surface area (Å²) in [5.41, 5.74) is 2.30. The van der Waals surface area contributed by atoms with Crippen LogP contribution in [-0.4, -0.2) is 16.2 Å². The van der Waals surface area contributed by atoms with Crippen molar-refractivity contribution in [3.05, 3.63) is 36.2 Å². The van der Waals surface area contributed by atoms with E-state index in [2.05, 4.69) is 34.7 Å². The highest BCUT2D eigenvalue weighted by Gasteiger charge is 2.15. The molecule has 2 aromatic rings. The van der Waals surface area contributed by atoms with Crippen LogP contribution in [0.2, 0.25) is 0 Å². The number of imidazole rings is 1. The molecule has 0 spiro atoms. The Morgan fingerprint density at radius 3 is 3.27 bits per heavy atom. The van der Waals surface area contributed by atoms with Gasteiger partial charge in [-0.25, -0.2) is 4.98 Å². The minimum atomic E-state index is 0.708. The van der Waals surface area contributed by atoms with Crippen LogP contribution in [0.4, 0.5) is 0 Å². The molecule has 0 N–H and O–H groups in total. The zero-order valence-corrected chi connectivity index (χ0v) is 8.60. The maximum absolute atomic E-state index is 5.71. The maximum atomic E-state index is 5.71. The van der Waals surface area contributed by atoms with E-state index < -0.39 is 0 Å². The molecule has 2 heterocycles. The topological polar surface area (TPSA) is 27.1 Å². The number of hydrogen-bond donors (Lipinski definition) is 0. The number of ether oxygens (including phenoxy) is 1. The molecular formula is C12H12N2O. The molecule has 0 atom stereocenters. The van der Waals surface area contributed by atoms with Crippen LogP contribution in [0.1, 0.15) is 5.56 Å². The van der Waals surface area contributed by atoms with Crippen LogP contribution in [0.3, 0.4) is 0 Å². The summed E-state index contributed by atoms with van der Waals surface area (Å²) in [5, 5.41) is 0. The third-order valence-electron chi connectivity index (χ3n) is 2.68. The molecule has 1 aliphatic heterocycles. The summed E-state index contributed by atoms with van der Waals surface area (Å²) in [6.07, 6.45) is 3.83. The lowest BCUT2D eigenvalue weighted by atomic mass is 10.1. The minimum absolute atomic E-state index is 0.708. The van der Waals surface area contributed by atoms with E-state index in [-0.39, 0.29) is 0 Å². The average molecular weight is 200 g/mol. The van der Waals surface area contributed by atoms with Crippen molar-refractivity contribution in [2.75, 3.05) is 6.61 Å². The second-order valence-corrected chi connectivity index (χ2v) is 3.79. The SMILES string of the molecule is Cc1ccc2c(c1)OCCn1ccnc1-2. The van der Waals surface area contributed by atoms with Gasteiger partial charge in [-0.2, -0.15) is 0 Å². The Morgan fingerprint density at radius 1 is 1.40 bits per heavy atom. The van der Waals surface area contributed by atoms with Crippen LogP contribution in [0.5, 0.6) is 5.75 Å². The first-order valence-corrected chi connectivity index (χ1v) is 5.09. The molecule has 3 heteroatoms. The molecule has 0 unspecified atom stereocenters. The first kappa shape index (κ1) is 8.53. The Kier molecular flexibility index (Phi) is 1.78. The highest BCUT2D eigenvalue weighted by molar-refractivity contribution is 5.65. The maximum Gasteiger partial charge on any atom is 0.143 e. The number of aryl methyl sites for hydroxylation is 1. The first-order valence-electron chi connectivity index (χ1n) is 5.09. The molecule has 0 saturated carbocycles. The summed E-state index contributed by atoms with van der Waals surface area (Å²) in [6.45, 7) is 3.64. The molecule has 3 rings (SSSR count).